The van der Waals surface area contributed by atoms with Gasteiger partial charge in [0.2, 0.25) is 0 Å². The van der Waals surface area contributed by atoms with E-state index in [1.807, 2.05) is 6.07 Å². The second-order valence-corrected chi connectivity index (χ2v) is 6.60. The maximum Gasteiger partial charge on any atom is 0.282 e. The highest BCUT2D eigenvalue weighted by Gasteiger charge is 2.40. The Morgan fingerprint density at radius 1 is 1.14 bits per heavy atom. The summed E-state index contributed by atoms with van der Waals surface area (Å²) in [6, 6.07) is 11.2. The lowest BCUT2D eigenvalue weighted by molar-refractivity contribution is -0.385. The molecule has 4 rings (SSSR count). The van der Waals surface area contributed by atoms with Crippen molar-refractivity contribution in [2.24, 2.45) is 0 Å². The van der Waals surface area contributed by atoms with Crippen LogP contribution in [-0.2, 0) is 0 Å². The number of imide groups is 1. The first kappa shape index (κ1) is 17.9. The van der Waals surface area contributed by atoms with Gasteiger partial charge in [0.1, 0.15) is 5.56 Å². The van der Waals surface area contributed by atoms with Crippen molar-refractivity contribution in [1.29, 1.82) is 0 Å². The topological polar surface area (TPSA) is 105 Å². The van der Waals surface area contributed by atoms with Gasteiger partial charge in [-0.2, -0.15) is 0 Å². The van der Waals surface area contributed by atoms with Gasteiger partial charge >= 0.3 is 0 Å². The fourth-order valence-corrected chi connectivity index (χ4v) is 3.42. The van der Waals surface area contributed by atoms with E-state index in [0.29, 0.717) is 10.5 Å². The Labute approximate surface area is 163 Å². The number of carbonyl (C=O) groups is 2. The molecule has 0 saturated heterocycles. The molecular formula is C19H13ClN4O4. The van der Waals surface area contributed by atoms with Gasteiger partial charge in [-0.15, -0.1) is 0 Å². The number of pyridine rings is 1. The van der Waals surface area contributed by atoms with E-state index < -0.39 is 16.7 Å². The normalized spacial score (nSPS) is 13.1. The first-order valence-corrected chi connectivity index (χ1v) is 8.77. The molecule has 2 aromatic carbocycles. The van der Waals surface area contributed by atoms with Gasteiger partial charge in [-0.3, -0.25) is 29.6 Å². The summed E-state index contributed by atoms with van der Waals surface area (Å²) in [5.74, 6) is -1.18. The van der Waals surface area contributed by atoms with Crippen molar-refractivity contribution in [3.05, 3.63) is 74.9 Å². The molecule has 8 nitrogen and oxygen atoms in total. The molecule has 0 radical (unpaired) electrons. The summed E-state index contributed by atoms with van der Waals surface area (Å²) in [5, 5.41) is 15.8. The average Bonchev–Trinajstić information content (AvgIpc) is 2.92. The molecule has 0 spiro atoms. The summed E-state index contributed by atoms with van der Waals surface area (Å²) in [7, 11) is 0. The van der Waals surface area contributed by atoms with Gasteiger partial charge in [0, 0.05) is 41.4 Å². The van der Waals surface area contributed by atoms with Crippen molar-refractivity contribution in [2.75, 3.05) is 18.4 Å². The number of hydrogen-bond donors (Lipinski definition) is 1. The molecule has 0 atom stereocenters. The van der Waals surface area contributed by atoms with E-state index in [4.69, 9.17) is 11.6 Å². The quantitative estimate of drug-likeness (QED) is 0.402. The largest absolute Gasteiger partial charge is 0.383 e. The van der Waals surface area contributed by atoms with Crippen LogP contribution >= 0.6 is 11.6 Å². The number of amides is 2. The van der Waals surface area contributed by atoms with Gasteiger partial charge in [-0.05, 0) is 30.3 Å². The Morgan fingerprint density at radius 3 is 2.75 bits per heavy atom. The highest BCUT2D eigenvalue weighted by atomic mass is 35.5. The van der Waals surface area contributed by atoms with Gasteiger partial charge in [-0.1, -0.05) is 17.7 Å². The maximum atomic E-state index is 12.6. The zero-order chi connectivity index (χ0) is 19.8. The number of nitrogens with one attached hydrogen (secondary N) is 1. The molecule has 3 aromatic rings. The van der Waals surface area contributed by atoms with Crippen LogP contribution in [0, 0.1) is 10.1 Å². The number of benzene rings is 2. The van der Waals surface area contributed by atoms with Crippen LogP contribution in [0.5, 0.6) is 0 Å². The van der Waals surface area contributed by atoms with E-state index in [0.717, 1.165) is 16.0 Å². The summed E-state index contributed by atoms with van der Waals surface area (Å²) < 4.78 is 0. The van der Waals surface area contributed by atoms with Crippen molar-refractivity contribution in [1.82, 2.24) is 9.88 Å². The molecular weight excluding hydrogens is 384 g/mol. The van der Waals surface area contributed by atoms with Crippen LogP contribution in [-0.4, -0.2) is 39.7 Å². The minimum absolute atomic E-state index is 0.0585. The number of anilines is 1. The summed E-state index contributed by atoms with van der Waals surface area (Å²) >= 11 is 5.98. The third-order valence-electron chi connectivity index (χ3n) is 4.53. The predicted molar refractivity (Wildman–Crippen MR) is 104 cm³/mol. The molecule has 28 heavy (non-hydrogen) atoms. The molecule has 0 saturated carbocycles. The number of carbonyl (C=O) groups excluding carboxylic acids is 2. The molecule has 2 heterocycles. The lowest BCUT2D eigenvalue weighted by Gasteiger charge is -2.15. The molecule has 2 amide bonds. The van der Waals surface area contributed by atoms with Gasteiger partial charge in [0.15, 0.2) is 0 Å². The smallest absolute Gasteiger partial charge is 0.282 e. The van der Waals surface area contributed by atoms with Crippen molar-refractivity contribution >= 4 is 45.7 Å². The zero-order valence-electron chi connectivity index (χ0n) is 14.4. The van der Waals surface area contributed by atoms with Crippen LogP contribution in [0.15, 0.2) is 48.7 Å². The molecule has 0 fully saturated rings. The van der Waals surface area contributed by atoms with E-state index in [2.05, 4.69) is 10.3 Å². The Hall–Kier alpha value is -3.52. The first-order valence-electron chi connectivity index (χ1n) is 8.39. The Kier molecular flexibility index (Phi) is 4.40. The highest BCUT2D eigenvalue weighted by Crippen LogP contribution is 2.30. The van der Waals surface area contributed by atoms with Crippen LogP contribution < -0.4 is 5.32 Å². The minimum atomic E-state index is -0.653. The van der Waals surface area contributed by atoms with Gasteiger partial charge in [-0.25, -0.2) is 0 Å². The number of nitro benzene ring substituents is 1. The summed E-state index contributed by atoms with van der Waals surface area (Å²) in [6.07, 6.45) is 1.63. The molecule has 0 unspecified atom stereocenters. The molecule has 140 valence electrons. The number of nitrogens with zero attached hydrogens (tertiary/aromatic N) is 3. The molecule has 0 bridgehead atoms. The monoisotopic (exact) mass is 396 g/mol. The molecule has 1 aromatic heterocycles. The van der Waals surface area contributed by atoms with Crippen molar-refractivity contribution in [3.63, 3.8) is 0 Å². The number of nitro groups is 1. The zero-order valence-corrected chi connectivity index (χ0v) is 15.1. The standard InChI is InChI=1S/C19H13ClN4O4/c20-11-4-5-12-14(6-7-21-15(12)10-11)22-8-9-23-18(25)13-2-1-3-16(24(27)28)17(13)19(23)26/h1-7,10H,8-9H2,(H,21,22). The van der Waals surface area contributed by atoms with E-state index in [-0.39, 0.29) is 29.9 Å². The third kappa shape index (κ3) is 2.93. The van der Waals surface area contributed by atoms with Crippen LogP contribution in [0.1, 0.15) is 20.7 Å². The van der Waals surface area contributed by atoms with Gasteiger partial charge in [0.25, 0.3) is 17.5 Å². The van der Waals surface area contributed by atoms with Crippen molar-refractivity contribution in [3.8, 4) is 0 Å². The first-order chi connectivity index (χ1) is 13.5. The average molecular weight is 397 g/mol. The highest BCUT2D eigenvalue weighted by molar-refractivity contribution is 6.31. The van der Waals surface area contributed by atoms with Gasteiger partial charge < -0.3 is 5.32 Å². The summed E-state index contributed by atoms with van der Waals surface area (Å²) in [5.41, 5.74) is 1.05. The van der Waals surface area contributed by atoms with Crippen LogP contribution in [0.4, 0.5) is 11.4 Å². The lowest BCUT2D eigenvalue weighted by Crippen LogP contribution is -2.34. The van der Waals surface area contributed by atoms with Crippen LogP contribution in [0.3, 0.4) is 0 Å². The Bertz CT molecular complexity index is 1150. The fourth-order valence-electron chi connectivity index (χ4n) is 3.25. The molecule has 9 heteroatoms. The number of hydrogen-bond acceptors (Lipinski definition) is 6. The maximum absolute atomic E-state index is 12.6. The number of rotatable bonds is 5. The van der Waals surface area contributed by atoms with E-state index in [9.17, 15) is 19.7 Å². The third-order valence-corrected chi connectivity index (χ3v) is 4.76. The number of fused-ring (bicyclic) bond motifs is 2. The van der Waals surface area contributed by atoms with Gasteiger partial charge in [0.05, 0.1) is 16.0 Å². The Balaban J connectivity index is 1.52. The second kappa shape index (κ2) is 6.90. The van der Waals surface area contributed by atoms with E-state index >= 15 is 0 Å². The minimum Gasteiger partial charge on any atom is -0.383 e. The summed E-state index contributed by atoms with van der Waals surface area (Å²) in [6.45, 7) is 0.349. The number of halogens is 1. The van der Waals surface area contributed by atoms with E-state index in [1.165, 1.54) is 18.2 Å². The number of aromatic nitrogens is 1. The van der Waals surface area contributed by atoms with Crippen LogP contribution in [0.25, 0.3) is 10.9 Å². The lowest BCUT2D eigenvalue weighted by atomic mass is 10.1. The van der Waals surface area contributed by atoms with Crippen molar-refractivity contribution < 1.29 is 14.5 Å². The molecule has 0 aliphatic carbocycles. The predicted octanol–water partition coefficient (Wildman–Crippen LogP) is 3.50. The summed E-state index contributed by atoms with van der Waals surface area (Å²) in [4.78, 5) is 40.9. The van der Waals surface area contributed by atoms with E-state index in [1.54, 1.807) is 24.4 Å². The van der Waals surface area contributed by atoms with Crippen molar-refractivity contribution in [2.45, 2.75) is 0 Å². The Morgan fingerprint density at radius 2 is 1.96 bits per heavy atom. The SMILES string of the molecule is O=C1c2cccc([N+](=O)[O-])c2C(=O)N1CCNc1ccnc2cc(Cl)ccc12. The molecule has 1 N–H and O–H groups in total. The molecule has 1 aliphatic rings. The fraction of sp³-hybridized carbons (Fsp3) is 0.105. The molecule has 1 aliphatic heterocycles. The van der Waals surface area contributed by atoms with Crippen LogP contribution in [0.2, 0.25) is 5.02 Å². The second-order valence-electron chi connectivity index (χ2n) is 6.17.